The van der Waals surface area contributed by atoms with Crippen molar-refractivity contribution in [2.75, 3.05) is 13.7 Å². The highest BCUT2D eigenvalue weighted by Gasteiger charge is 2.59. The summed E-state index contributed by atoms with van der Waals surface area (Å²) in [6.45, 7) is 3.25. The molecular formula is C20H26ClN5O2. The zero-order valence-electron chi connectivity index (χ0n) is 16.2. The maximum absolute atomic E-state index is 6.03. The SMILES string of the molecule is CCOC1CC(NC(=NC)NCc2nc(-c3cccc(Cl)c3)no2)C12CCC2. The lowest BCUT2D eigenvalue weighted by molar-refractivity contribution is -0.168. The third-order valence-corrected chi connectivity index (χ3v) is 6.16. The number of hydrogen-bond acceptors (Lipinski definition) is 5. The molecule has 0 bridgehead atoms. The number of aromatic nitrogens is 2. The van der Waals surface area contributed by atoms with Gasteiger partial charge < -0.3 is 19.9 Å². The van der Waals surface area contributed by atoms with Gasteiger partial charge in [-0.15, -0.1) is 0 Å². The molecular weight excluding hydrogens is 378 g/mol. The molecule has 150 valence electrons. The number of nitrogens with one attached hydrogen (secondary N) is 2. The third-order valence-electron chi connectivity index (χ3n) is 5.93. The molecule has 2 aromatic rings. The van der Waals surface area contributed by atoms with Crippen LogP contribution in [0.3, 0.4) is 0 Å². The Morgan fingerprint density at radius 2 is 2.29 bits per heavy atom. The summed E-state index contributed by atoms with van der Waals surface area (Å²) in [4.78, 5) is 8.77. The summed E-state index contributed by atoms with van der Waals surface area (Å²) >= 11 is 6.03. The van der Waals surface area contributed by atoms with Gasteiger partial charge in [0, 0.05) is 35.7 Å². The van der Waals surface area contributed by atoms with Crippen LogP contribution in [0.4, 0.5) is 0 Å². The molecule has 28 heavy (non-hydrogen) atoms. The molecule has 7 nitrogen and oxygen atoms in total. The lowest BCUT2D eigenvalue weighted by Gasteiger charge is -2.61. The highest BCUT2D eigenvalue weighted by Crippen LogP contribution is 2.57. The summed E-state index contributed by atoms with van der Waals surface area (Å²) in [6, 6.07) is 7.79. The number of ether oxygens (including phenoxy) is 1. The molecule has 2 unspecified atom stereocenters. The van der Waals surface area contributed by atoms with Crippen molar-refractivity contribution in [2.45, 2.75) is 51.3 Å². The minimum atomic E-state index is 0.276. The Bertz CT molecular complexity index is 849. The van der Waals surface area contributed by atoms with Crippen LogP contribution in [0, 0.1) is 5.41 Å². The van der Waals surface area contributed by atoms with Crippen molar-refractivity contribution in [1.82, 2.24) is 20.8 Å². The van der Waals surface area contributed by atoms with Gasteiger partial charge in [0.15, 0.2) is 5.96 Å². The van der Waals surface area contributed by atoms with Crippen molar-refractivity contribution in [3.05, 3.63) is 35.2 Å². The molecule has 2 saturated carbocycles. The zero-order valence-corrected chi connectivity index (χ0v) is 17.0. The molecule has 1 spiro atoms. The van der Waals surface area contributed by atoms with Crippen LogP contribution in [0.5, 0.6) is 0 Å². The van der Waals surface area contributed by atoms with E-state index >= 15 is 0 Å². The molecule has 1 aromatic heterocycles. The largest absolute Gasteiger partial charge is 0.378 e. The van der Waals surface area contributed by atoms with Gasteiger partial charge in [0.2, 0.25) is 11.7 Å². The maximum Gasteiger partial charge on any atom is 0.246 e. The maximum atomic E-state index is 6.03. The first-order chi connectivity index (χ1) is 13.6. The molecule has 2 atom stereocenters. The van der Waals surface area contributed by atoms with Crippen LogP contribution in [0.1, 0.15) is 38.5 Å². The normalized spacial score (nSPS) is 23.2. The van der Waals surface area contributed by atoms with E-state index in [1.165, 1.54) is 19.3 Å². The summed E-state index contributed by atoms with van der Waals surface area (Å²) < 4.78 is 11.3. The Morgan fingerprint density at radius 3 is 2.96 bits per heavy atom. The van der Waals surface area contributed by atoms with Crippen LogP contribution in [0.25, 0.3) is 11.4 Å². The quantitative estimate of drug-likeness (QED) is 0.568. The number of rotatable bonds is 6. The van der Waals surface area contributed by atoms with Crippen molar-refractivity contribution in [3.8, 4) is 11.4 Å². The van der Waals surface area contributed by atoms with Gasteiger partial charge in [-0.2, -0.15) is 4.98 Å². The average molecular weight is 404 g/mol. The van der Waals surface area contributed by atoms with E-state index in [-0.39, 0.29) is 5.41 Å². The van der Waals surface area contributed by atoms with Gasteiger partial charge in [-0.05, 0) is 38.3 Å². The first kappa shape index (κ1) is 19.2. The Morgan fingerprint density at radius 1 is 1.43 bits per heavy atom. The minimum Gasteiger partial charge on any atom is -0.378 e. The highest BCUT2D eigenvalue weighted by molar-refractivity contribution is 6.30. The molecule has 0 aliphatic heterocycles. The molecule has 2 N–H and O–H groups in total. The van der Waals surface area contributed by atoms with Crippen LogP contribution in [0.15, 0.2) is 33.8 Å². The van der Waals surface area contributed by atoms with E-state index in [1.807, 2.05) is 24.3 Å². The highest BCUT2D eigenvalue weighted by atomic mass is 35.5. The van der Waals surface area contributed by atoms with Crippen molar-refractivity contribution in [2.24, 2.45) is 10.4 Å². The lowest BCUT2D eigenvalue weighted by Crippen LogP contribution is -2.68. The van der Waals surface area contributed by atoms with Crippen LogP contribution < -0.4 is 10.6 Å². The smallest absolute Gasteiger partial charge is 0.246 e. The van der Waals surface area contributed by atoms with E-state index < -0.39 is 0 Å². The summed E-state index contributed by atoms with van der Waals surface area (Å²) in [5, 5.41) is 11.5. The molecule has 4 rings (SSSR count). The fourth-order valence-electron chi connectivity index (χ4n) is 4.23. The summed E-state index contributed by atoms with van der Waals surface area (Å²) in [5.41, 5.74) is 1.10. The van der Waals surface area contributed by atoms with E-state index in [0.29, 0.717) is 35.4 Å². The molecule has 1 aromatic carbocycles. The Kier molecular flexibility index (Phi) is 5.55. The molecule has 8 heteroatoms. The van der Waals surface area contributed by atoms with Crippen LogP contribution in [-0.2, 0) is 11.3 Å². The van der Waals surface area contributed by atoms with Crippen LogP contribution >= 0.6 is 11.6 Å². The van der Waals surface area contributed by atoms with Gasteiger partial charge in [0.05, 0.1) is 12.6 Å². The number of benzene rings is 1. The molecule has 2 aliphatic carbocycles. The molecule has 0 saturated heterocycles. The van der Waals surface area contributed by atoms with Gasteiger partial charge >= 0.3 is 0 Å². The first-order valence-electron chi connectivity index (χ1n) is 9.82. The van der Waals surface area contributed by atoms with Crippen molar-refractivity contribution in [3.63, 3.8) is 0 Å². The lowest BCUT2D eigenvalue weighted by atomic mass is 9.51. The van der Waals surface area contributed by atoms with E-state index in [2.05, 4.69) is 32.7 Å². The summed E-state index contributed by atoms with van der Waals surface area (Å²) in [7, 11) is 1.77. The van der Waals surface area contributed by atoms with Gasteiger partial charge in [0.1, 0.15) is 0 Å². The summed E-state index contributed by atoms with van der Waals surface area (Å²) in [5.74, 6) is 1.76. The second kappa shape index (κ2) is 8.09. The van der Waals surface area contributed by atoms with Crippen LogP contribution in [0.2, 0.25) is 5.02 Å². The van der Waals surface area contributed by atoms with Gasteiger partial charge in [0.25, 0.3) is 0 Å². The number of nitrogens with zero attached hydrogens (tertiary/aromatic N) is 3. The Balaban J connectivity index is 1.33. The molecule has 1 heterocycles. The van der Waals surface area contributed by atoms with E-state index in [0.717, 1.165) is 24.6 Å². The van der Waals surface area contributed by atoms with Gasteiger partial charge in [-0.3, -0.25) is 4.99 Å². The fraction of sp³-hybridized carbons (Fsp3) is 0.550. The monoisotopic (exact) mass is 403 g/mol. The van der Waals surface area contributed by atoms with Gasteiger partial charge in [-0.1, -0.05) is 35.3 Å². The molecule has 2 aliphatic rings. The number of halogens is 1. The Labute approximate surface area is 169 Å². The third kappa shape index (κ3) is 3.61. The topological polar surface area (TPSA) is 84.6 Å². The Hall–Kier alpha value is -2.12. The zero-order chi connectivity index (χ0) is 19.6. The van der Waals surface area contributed by atoms with Crippen molar-refractivity contribution >= 4 is 17.6 Å². The van der Waals surface area contributed by atoms with E-state index in [1.54, 1.807) is 7.05 Å². The first-order valence-corrected chi connectivity index (χ1v) is 10.2. The number of guanidine groups is 1. The predicted molar refractivity (Wildman–Crippen MR) is 108 cm³/mol. The predicted octanol–water partition coefficient (Wildman–Crippen LogP) is 3.40. The number of hydrogen-bond donors (Lipinski definition) is 2. The molecule has 0 amide bonds. The minimum absolute atomic E-state index is 0.276. The van der Waals surface area contributed by atoms with E-state index in [9.17, 15) is 0 Å². The molecule has 2 fully saturated rings. The van der Waals surface area contributed by atoms with Crippen molar-refractivity contribution in [1.29, 1.82) is 0 Å². The van der Waals surface area contributed by atoms with Crippen molar-refractivity contribution < 1.29 is 9.26 Å². The standard InChI is InChI=1S/C20H26ClN5O2/c1-3-27-16-11-15(20(16)8-5-9-20)24-19(22-2)23-12-17-25-18(26-28-17)13-6-4-7-14(21)10-13/h4,6-7,10,15-16H,3,5,8-9,11-12H2,1-2H3,(H2,22,23,24). The molecule has 0 radical (unpaired) electrons. The number of aliphatic imine (C=N–C) groups is 1. The van der Waals surface area contributed by atoms with Crippen LogP contribution in [-0.4, -0.2) is 41.9 Å². The fourth-order valence-corrected chi connectivity index (χ4v) is 4.42. The average Bonchev–Trinajstić information content (AvgIpc) is 3.11. The summed E-state index contributed by atoms with van der Waals surface area (Å²) in [6.07, 6.45) is 5.12. The second-order valence-corrected chi connectivity index (χ2v) is 7.85. The van der Waals surface area contributed by atoms with Gasteiger partial charge in [-0.25, -0.2) is 0 Å². The van der Waals surface area contributed by atoms with E-state index in [4.69, 9.17) is 20.9 Å². The second-order valence-electron chi connectivity index (χ2n) is 7.41.